The molecule has 126 valence electrons. The number of rotatable bonds is 3. The van der Waals surface area contributed by atoms with Crippen molar-refractivity contribution in [3.8, 4) is 0 Å². The Hall–Kier alpha value is -2.17. The molecule has 5 heteroatoms. The van der Waals surface area contributed by atoms with Gasteiger partial charge in [-0.25, -0.2) is 0 Å². The molecule has 1 atom stereocenters. The first-order valence-corrected chi connectivity index (χ1v) is 9.13. The van der Waals surface area contributed by atoms with Crippen LogP contribution in [0.15, 0.2) is 30.5 Å². The zero-order valence-electron chi connectivity index (χ0n) is 14.4. The monoisotopic (exact) mass is 323 g/mol. The minimum atomic E-state index is 0.554. The Morgan fingerprint density at radius 2 is 2.00 bits per heavy atom. The maximum absolute atomic E-state index is 4.87. The maximum Gasteiger partial charge on any atom is 0.247 e. The van der Waals surface area contributed by atoms with Crippen LogP contribution in [-0.2, 0) is 13.0 Å². The van der Waals surface area contributed by atoms with E-state index in [0.717, 1.165) is 44.2 Å². The van der Waals surface area contributed by atoms with Crippen LogP contribution >= 0.6 is 0 Å². The van der Waals surface area contributed by atoms with E-state index in [-0.39, 0.29) is 0 Å². The Morgan fingerprint density at radius 1 is 1.12 bits per heavy atom. The molecule has 2 aromatic rings. The average molecular weight is 323 g/mol. The van der Waals surface area contributed by atoms with Gasteiger partial charge in [-0.2, -0.15) is 10.1 Å². The summed E-state index contributed by atoms with van der Waals surface area (Å²) < 4.78 is 0. The van der Waals surface area contributed by atoms with Gasteiger partial charge in [0.05, 0.1) is 6.20 Å². The van der Waals surface area contributed by atoms with E-state index in [2.05, 4.69) is 51.2 Å². The molecule has 0 radical (unpaired) electrons. The second-order valence-electron chi connectivity index (χ2n) is 6.81. The molecule has 0 amide bonds. The highest BCUT2D eigenvalue weighted by atomic mass is 15.4. The number of anilines is 2. The first kappa shape index (κ1) is 15.4. The summed E-state index contributed by atoms with van der Waals surface area (Å²) in [5.74, 6) is 1.76. The molecule has 24 heavy (non-hydrogen) atoms. The predicted molar refractivity (Wildman–Crippen MR) is 96.3 cm³/mol. The molecule has 5 nitrogen and oxygen atoms in total. The summed E-state index contributed by atoms with van der Waals surface area (Å²) >= 11 is 0. The normalized spacial score (nSPS) is 20.8. The van der Waals surface area contributed by atoms with E-state index in [1.807, 2.05) is 6.20 Å². The van der Waals surface area contributed by atoms with Crippen molar-refractivity contribution in [2.45, 2.75) is 51.6 Å². The van der Waals surface area contributed by atoms with Crippen molar-refractivity contribution < 1.29 is 0 Å². The highest BCUT2D eigenvalue weighted by Crippen LogP contribution is 2.26. The zero-order valence-corrected chi connectivity index (χ0v) is 14.4. The molecule has 1 unspecified atom stereocenters. The van der Waals surface area contributed by atoms with Gasteiger partial charge >= 0.3 is 0 Å². The van der Waals surface area contributed by atoms with Gasteiger partial charge in [0.15, 0.2) is 5.82 Å². The van der Waals surface area contributed by atoms with Gasteiger partial charge in [-0.1, -0.05) is 31.2 Å². The third-order valence-corrected chi connectivity index (χ3v) is 5.34. The molecule has 0 saturated carbocycles. The number of nitrogens with zero attached hydrogens (tertiary/aromatic N) is 5. The van der Waals surface area contributed by atoms with Gasteiger partial charge in [0, 0.05) is 25.7 Å². The smallest absolute Gasteiger partial charge is 0.247 e. The third-order valence-electron chi connectivity index (χ3n) is 5.34. The van der Waals surface area contributed by atoms with Crippen LogP contribution in [0.25, 0.3) is 0 Å². The van der Waals surface area contributed by atoms with Crippen molar-refractivity contribution >= 4 is 11.8 Å². The van der Waals surface area contributed by atoms with Gasteiger partial charge in [0.1, 0.15) is 0 Å². The molecular weight excluding hydrogens is 298 g/mol. The number of fused-ring (bicyclic) bond motifs is 1. The molecule has 4 rings (SSSR count). The highest BCUT2D eigenvalue weighted by molar-refractivity contribution is 5.46. The van der Waals surface area contributed by atoms with Crippen LogP contribution in [0, 0.1) is 0 Å². The molecule has 1 aromatic carbocycles. The fraction of sp³-hybridized carbons (Fsp3) is 0.526. The Morgan fingerprint density at radius 3 is 2.88 bits per heavy atom. The van der Waals surface area contributed by atoms with E-state index in [9.17, 15) is 0 Å². The molecule has 2 aliphatic heterocycles. The number of hydrogen-bond donors (Lipinski definition) is 0. The molecule has 1 fully saturated rings. The molecule has 0 bridgehead atoms. The van der Waals surface area contributed by atoms with Crippen molar-refractivity contribution in [3.63, 3.8) is 0 Å². The summed E-state index contributed by atoms with van der Waals surface area (Å²) in [5.41, 5.74) is 2.85. The lowest BCUT2D eigenvalue weighted by molar-refractivity contribution is 0.441. The average Bonchev–Trinajstić information content (AvgIpc) is 2.67. The summed E-state index contributed by atoms with van der Waals surface area (Å²) in [6.45, 7) is 5.20. The molecule has 1 saturated heterocycles. The van der Waals surface area contributed by atoms with Crippen molar-refractivity contribution in [2.75, 3.05) is 22.9 Å². The van der Waals surface area contributed by atoms with Gasteiger partial charge in [-0.3, -0.25) is 0 Å². The van der Waals surface area contributed by atoms with Crippen LogP contribution in [0.3, 0.4) is 0 Å². The van der Waals surface area contributed by atoms with Crippen molar-refractivity contribution in [3.05, 3.63) is 41.6 Å². The van der Waals surface area contributed by atoms with E-state index in [0.29, 0.717) is 6.04 Å². The fourth-order valence-corrected chi connectivity index (χ4v) is 3.94. The minimum Gasteiger partial charge on any atom is -0.350 e. The molecule has 0 aliphatic carbocycles. The maximum atomic E-state index is 4.87. The second-order valence-corrected chi connectivity index (χ2v) is 6.81. The summed E-state index contributed by atoms with van der Waals surface area (Å²) in [4.78, 5) is 9.55. The van der Waals surface area contributed by atoms with E-state index in [1.165, 1.54) is 30.4 Å². The summed E-state index contributed by atoms with van der Waals surface area (Å²) in [6, 6.07) is 9.24. The highest BCUT2D eigenvalue weighted by Gasteiger charge is 2.25. The van der Waals surface area contributed by atoms with E-state index < -0.39 is 0 Å². The van der Waals surface area contributed by atoms with E-state index >= 15 is 0 Å². The molecule has 3 heterocycles. The van der Waals surface area contributed by atoms with E-state index in [4.69, 9.17) is 4.98 Å². The number of aromatic nitrogens is 3. The molecule has 0 spiro atoms. The molecule has 2 aliphatic rings. The third kappa shape index (κ3) is 2.95. The second kappa shape index (κ2) is 6.75. The fourth-order valence-electron chi connectivity index (χ4n) is 3.94. The van der Waals surface area contributed by atoms with Crippen LogP contribution in [0.1, 0.15) is 43.7 Å². The van der Waals surface area contributed by atoms with Crippen LogP contribution in [0.2, 0.25) is 0 Å². The van der Waals surface area contributed by atoms with Crippen LogP contribution in [-0.4, -0.2) is 34.3 Å². The van der Waals surface area contributed by atoms with Crippen molar-refractivity contribution in [1.29, 1.82) is 0 Å². The van der Waals surface area contributed by atoms with Crippen LogP contribution in [0.4, 0.5) is 11.8 Å². The lowest BCUT2D eigenvalue weighted by Gasteiger charge is -2.35. The van der Waals surface area contributed by atoms with Crippen molar-refractivity contribution in [2.24, 2.45) is 0 Å². The standard InChI is InChI=1S/C19H25N5/c1-2-17-9-5-6-11-24(17)19-21-18(13-20-22-19)23-12-10-15-7-3-4-8-16(15)14-23/h3-4,7-8,13,17H,2,5-6,9-12,14H2,1H3. The van der Waals surface area contributed by atoms with Crippen molar-refractivity contribution in [1.82, 2.24) is 15.2 Å². The summed E-state index contributed by atoms with van der Waals surface area (Å²) in [7, 11) is 0. The van der Waals surface area contributed by atoms with Gasteiger partial charge < -0.3 is 9.80 Å². The number of piperidine rings is 1. The SMILES string of the molecule is CCC1CCCCN1c1nncc(N2CCc3ccccc3C2)n1. The molecular formula is C19H25N5. The zero-order chi connectivity index (χ0) is 16.4. The topological polar surface area (TPSA) is 45.2 Å². The molecule has 0 N–H and O–H groups in total. The number of benzene rings is 1. The first-order chi connectivity index (χ1) is 11.8. The Labute approximate surface area is 143 Å². The van der Waals surface area contributed by atoms with Gasteiger partial charge in [-0.05, 0) is 43.2 Å². The Bertz CT molecular complexity index is 702. The molecule has 1 aromatic heterocycles. The lowest BCUT2D eigenvalue weighted by atomic mass is 10.00. The summed E-state index contributed by atoms with van der Waals surface area (Å²) in [5, 5.41) is 8.60. The Kier molecular flexibility index (Phi) is 4.32. The number of hydrogen-bond acceptors (Lipinski definition) is 5. The first-order valence-electron chi connectivity index (χ1n) is 9.13. The quantitative estimate of drug-likeness (QED) is 0.868. The van der Waals surface area contributed by atoms with Gasteiger partial charge in [0.25, 0.3) is 0 Å². The van der Waals surface area contributed by atoms with Crippen LogP contribution < -0.4 is 9.80 Å². The predicted octanol–water partition coefficient (Wildman–Crippen LogP) is 3.20. The van der Waals surface area contributed by atoms with Gasteiger partial charge in [0.2, 0.25) is 5.95 Å². The minimum absolute atomic E-state index is 0.554. The lowest BCUT2D eigenvalue weighted by Crippen LogP contribution is -2.40. The summed E-state index contributed by atoms with van der Waals surface area (Å²) in [6.07, 6.45) is 7.79. The Balaban J connectivity index is 1.57. The van der Waals surface area contributed by atoms with E-state index in [1.54, 1.807) is 0 Å². The van der Waals surface area contributed by atoms with Crippen LogP contribution in [0.5, 0.6) is 0 Å². The van der Waals surface area contributed by atoms with Gasteiger partial charge in [-0.15, -0.1) is 5.10 Å². The largest absolute Gasteiger partial charge is 0.350 e.